The van der Waals surface area contributed by atoms with Crippen molar-refractivity contribution in [3.8, 4) is 0 Å². The molecule has 2 aromatic heterocycles. The number of benzene rings is 1. The van der Waals surface area contributed by atoms with Crippen LogP contribution >= 0.6 is 0 Å². The van der Waals surface area contributed by atoms with Gasteiger partial charge in [-0.2, -0.15) is 0 Å². The first-order valence-corrected chi connectivity index (χ1v) is 8.13. The van der Waals surface area contributed by atoms with E-state index in [9.17, 15) is 4.79 Å². The van der Waals surface area contributed by atoms with Crippen molar-refractivity contribution in [2.45, 2.75) is 27.3 Å². The van der Waals surface area contributed by atoms with E-state index in [4.69, 9.17) is 4.74 Å². The summed E-state index contributed by atoms with van der Waals surface area (Å²) in [6, 6.07) is 9.64. The summed E-state index contributed by atoms with van der Waals surface area (Å²) in [4.78, 5) is 16.8. The molecule has 0 saturated heterocycles. The molecule has 0 saturated carbocycles. The molecule has 0 bridgehead atoms. The molecule has 8 nitrogen and oxygen atoms in total. The predicted molar refractivity (Wildman–Crippen MR) is 95.4 cm³/mol. The number of rotatable bonds is 6. The van der Waals surface area contributed by atoms with Gasteiger partial charge in [0.25, 0.3) is 0 Å². The zero-order chi connectivity index (χ0) is 17.8. The van der Waals surface area contributed by atoms with Gasteiger partial charge in [0, 0.05) is 6.54 Å². The molecule has 0 radical (unpaired) electrons. The van der Waals surface area contributed by atoms with Crippen molar-refractivity contribution in [2.75, 3.05) is 17.5 Å². The number of anilines is 2. The van der Waals surface area contributed by atoms with Gasteiger partial charge in [-0.05, 0) is 32.9 Å². The zero-order valence-corrected chi connectivity index (χ0v) is 14.4. The van der Waals surface area contributed by atoms with E-state index >= 15 is 0 Å². The van der Waals surface area contributed by atoms with Gasteiger partial charge in [0.2, 0.25) is 0 Å². The van der Waals surface area contributed by atoms with E-state index in [1.165, 1.54) is 0 Å². The maximum Gasteiger partial charge on any atom is 0.342 e. The molecule has 8 heteroatoms. The zero-order valence-electron chi connectivity index (χ0n) is 14.4. The normalized spacial score (nSPS) is 10.7. The third-order valence-electron chi connectivity index (χ3n) is 3.72. The Labute approximate surface area is 145 Å². The van der Waals surface area contributed by atoms with Gasteiger partial charge in [0.05, 0.1) is 18.0 Å². The first-order chi connectivity index (χ1) is 12.2. The van der Waals surface area contributed by atoms with Crippen LogP contribution in [0.25, 0.3) is 11.0 Å². The van der Waals surface area contributed by atoms with Crippen molar-refractivity contribution in [1.29, 1.82) is 0 Å². The Morgan fingerprint density at radius 1 is 1.20 bits per heavy atom. The molecule has 0 aliphatic heterocycles. The van der Waals surface area contributed by atoms with Crippen molar-refractivity contribution in [1.82, 2.24) is 20.0 Å². The molecule has 0 spiro atoms. The molecular weight excluding hydrogens is 320 g/mol. The van der Waals surface area contributed by atoms with Gasteiger partial charge >= 0.3 is 5.97 Å². The van der Waals surface area contributed by atoms with Crippen molar-refractivity contribution in [3.63, 3.8) is 0 Å². The Bertz CT molecular complexity index is 891. The molecule has 2 heterocycles. The van der Waals surface area contributed by atoms with E-state index in [1.54, 1.807) is 18.5 Å². The van der Waals surface area contributed by atoms with Crippen LogP contribution < -0.4 is 10.9 Å². The Balaban J connectivity index is 2.04. The number of pyridine rings is 1. The highest BCUT2D eigenvalue weighted by Crippen LogP contribution is 2.26. The highest BCUT2D eigenvalue weighted by atomic mass is 16.5. The van der Waals surface area contributed by atoms with Crippen LogP contribution in [-0.4, -0.2) is 32.6 Å². The minimum absolute atomic E-state index is 0.295. The van der Waals surface area contributed by atoms with Crippen LogP contribution in [0.4, 0.5) is 11.5 Å². The molecule has 0 aliphatic rings. The lowest BCUT2D eigenvalue weighted by Crippen LogP contribution is -2.15. The average molecular weight is 340 g/mol. The molecule has 3 rings (SSSR count). The van der Waals surface area contributed by atoms with E-state index in [0.29, 0.717) is 41.3 Å². The molecule has 0 atom stereocenters. The number of hydrazine groups is 1. The van der Waals surface area contributed by atoms with Crippen LogP contribution in [0, 0.1) is 6.92 Å². The molecule has 0 unspecified atom stereocenters. The number of para-hydroxylation sites is 1. The van der Waals surface area contributed by atoms with Gasteiger partial charge in [-0.1, -0.05) is 23.4 Å². The van der Waals surface area contributed by atoms with Crippen molar-refractivity contribution in [2.24, 2.45) is 0 Å². The van der Waals surface area contributed by atoms with Crippen LogP contribution in [0.2, 0.25) is 0 Å². The van der Waals surface area contributed by atoms with Crippen molar-refractivity contribution < 1.29 is 9.53 Å². The summed E-state index contributed by atoms with van der Waals surface area (Å²) in [6.07, 6.45) is 0. The van der Waals surface area contributed by atoms with Crippen LogP contribution in [0.15, 0.2) is 30.3 Å². The molecule has 0 fully saturated rings. The molecule has 0 amide bonds. The fourth-order valence-corrected chi connectivity index (χ4v) is 2.58. The third kappa shape index (κ3) is 3.23. The molecule has 3 aromatic rings. The van der Waals surface area contributed by atoms with Crippen LogP contribution in [0.3, 0.4) is 0 Å². The number of carbonyl (C=O) groups excluding carboxylic acids is 1. The number of esters is 1. The van der Waals surface area contributed by atoms with E-state index in [2.05, 4.69) is 26.1 Å². The summed E-state index contributed by atoms with van der Waals surface area (Å²) in [5.74, 6) is 0.0844. The van der Waals surface area contributed by atoms with Crippen LogP contribution in [-0.2, 0) is 11.3 Å². The number of ether oxygens (including phenoxy) is 1. The molecule has 25 heavy (non-hydrogen) atoms. The van der Waals surface area contributed by atoms with Crippen molar-refractivity contribution in [3.05, 3.63) is 41.6 Å². The first-order valence-electron chi connectivity index (χ1n) is 8.13. The fraction of sp³-hybridized carbons (Fsp3) is 0.294. The number of aryl methyl sites for hydroxylation is 2. The minimum Gasteiger partial charge on any atom is -0.462 e. The predicted octanol–water partition coefficient (Wildman–Crippen LogP) is 2.77. The molecule has 130 valence electrons. The number of carbonyl (C=O) groups is 1. The van der Waals surface area contributed by atoms with Gasteiger partial charge in [-0.15, -0.1) is 5.10 Å². The summed E-state index contributed by atoms with van der Waals surface area (Å²) in [6.45, 7) is 6.36. The lowest BCUT2D eigenvalue weighted by molar-refractivity contribution is 0.0527. The second-order valence-corrected chi connectivity index (χ2v) is 5.36. The minimum atomic E-state index is -0.419. The fourth-order valence-electron chi connectivity index (χ4n) is 2.58. The number of hydrogen-bond donors (Lipinski definition) is 2. The average Bonchev–Trinajstić information content (AvgIpc) is 3.04. The number of aromatic nitrogens is 4. The van der Waals surface area contributed by atoms with Gasteiger partial charge < -0.3 is 4.74 Å². The Hall–Kier alpha value is -3.16. The summed E-state index contributed by atoms with van der Waals surface area (Å²) in [5.41, 5.74) is 9.09. The lowest BCUT2D eigenvalue weighted by Gasteiger charge is -2.13. The maximum absolute atomic E-state index is 12.4. The standard InChI is InChI=1S/C17H20N6O2/c1-4-23-15-13(17(24)25-5-2)11(3)18-16(14(15)20-22-23)21-19-12-9-7-6-8-10-12/h6-10,19H,4-5H2,1-3H3,(H,18,21). The summed E-state index contributed by atoms with van der Waals surface area (Å²) >= 11 is 0. The Morgan fingerprint density at radius 2 is 1.96 bits per heavy atom. The second kappa shape index (κ2) is 7.16. The molecule has 2 N–H and O–H groups in total. The number of fused-ring (bicyclic) bond motifs is 1. The van der Waals surface area contributed by atoms with E-state index < -0.39 is 5.97 Å². The highest BCUT2D eigenvalue weighted by Gasteiger charge is 2.23. The second-order valence-electron chi connectivity index (χ2n) is 5.36. The van der Waals surface area contributed by atoms with Crippen LogP contribution in [0.5, 0.6) is 0 Å². The monoisotopic (exact) mass is 340 g/mol. The maximum atomic E-state index is 12.4. The SMILES string of the molecule is CCOC(=O)c1c(C)nc(NNc2ccccc2)c2nnn(CC)c12. The number of nitrogens with zero attached hydrogens (tertiary/aromatic N) is 4. The topological polar surface area (TPSA) is 94.0 Å². The molecular formula is C17H20N6O2. The summed E-state index contributed by atoms with van der Waals surface area (Å²) < 4.78 is 6.84. The van der Waals surface area contributed by atoms with Crippen molar-refractivity contribution >= 4 is 28.5 Å². The molecule has 0 aliphatic carbocycles. The molecule has 1 aromatic carbocycles. The van der Waals surface area contributed by atoms with Crippen LogP contribution in [0.1, 0.15) is 29.9 Å². The van der Waals surface area contributed by atoms with Gasteiger partial charge in [0.15, 0.2) is 11.3 Å². The lowest BCUT2D eigenvalue weighted by atomic mass is 10.1. The summed E-state index contributed by atoms with van der Waals surface area (Å²) in [5, 5.41) is 8.31. The first kappa shape index (κ1) is 16.7. The van der Waals surface area contributed by atoms with E-state index in [0.717, 1.165) is 5.69 Å². The van der Waals surface area contributed by atoms with Gasteiger partial charge in [-0.3, -0.25) is 10.9 Å². The Kier molecular flexibility index (Phi) is 4.78. The summed E-state index contributed by atoms with van der Waals surface area (Å²) in [7, 11) is 0. The highest BCUT2D eigenvalue weighted by molar-refractivity contribution is 6.05. The van der Waals surface area contributed by atoms with E-state index in [1.807, 2.05) is 37.3 Å². The number of hydrogen-bond acceptors (Lipinski definition) is 7. The Morgan fingerprint density at radius 3 is 2.64 bits per heavy atom. The smallest absolute Gasteiger partial charge is 0.342 e. The van der Waals surface area contributed by atoms with Gasteiger partial charge in [0.1, 0.15) is 11.1 Å². The third-order valence-corrected chi connectivity index (χ3v) is 3.72. The quantitative estimate of drug-likeness (QED) is 0.526. The number of nitrogens with one attached hydrogen (secondary N) is 2. The van der Waals surface area contributed by atoms with Gasteiger partial charge in [-0.25, -0.2) is 14.5 Å². The largest absolute Gasteiger partial charge is 0.462 e. The van der Waals surface area contributed by atoms with E-state index in [-0.39, 0.29) is 0 Å².